The summed E-state index contributed by atoms with van der Waals surface area (Å²) in [4.78, 5) is 12.6. The Kier molecular flexibility index (Phi) is 3.54. The Labute approximate surface area is 79.5 Å². The van der Waals surface area contributed by atoms with Gasteiger partial charge in [0.2, 0.25) is 0 Å². The second kappa shape index (κ2) is 4.46. The lowest BCUT2D eigenvalue weighted by atomic mass is 9.94. The van der Waals surface area contributed by atoms with Crippen LogP contribution in [0.15, 0.2) is 0 Å². The number of amides is 2. The summed E-state index contributed by atoms with van der Waals surface area (Å²) in [5, 5.41) is 3.41. The van der Waals surface area contributed by atoms with Crippen molar-refractivity contribution in [2.75, 3.05) is 19.6 Å². The molecule has 0 bridgehead atoms. The summed E-state index contributed by atoms with van der Waals surface area (Å²) in [6.45, 7) is 6.82. The standard InChI is InChI=1S/C9H19N3O/c1-3-11-8-4-5-12(9(10)13)6-7(8)2/h7-8,11H,3-6H2,1-2H3,(H2,10,13). The maximum Gasteiger partial charge on any atom is 0.314 e. The summed E-state index contributed by atoms with van der Waals surface area (Å²) in [6, 6.07) is 0.252. The lowest BCUT2D eigenvalue weighted by molar-refractivity contribution is 0.158. The summed E-state index contributed by atoms with van der Waals surface area (Å²) < 4.78 is 0. The molecule has 1 aliphatic heterocycles. The van der Waals surface area contributed by atoms with Crippen LogP contribution in [0, 0.1) is 5.92 Å². The lowest BCUT2D eigenvalue weighted by Crippen LogP contribution is -2.51. The average molecular weight is 185 g/mol. The number of piperidine rings is 1. The molecule has 0 radical (unpaired) electrons. The van der Waals surface area contributed by atoms with Crippen LogP contribution in [0.3, 0.4) is 0 Å². The third kappa shape index (κ3) is 2.59. The number of hydrogen-bond donors (Lipinski definition) is 2. The van der Waals surface area contributed by atoms with Crippen LogP contribution < -0.4 is 11.1 Å². The van der Waals surface area contributed by atoms with Gasteiger partial charge in [-0.2, -0.15) is 0 Å². The van der Waals surface area contributed by atoms with Gasteiger partial charge in [-0.15, -0.1) is 0 Å². The van der Waals surface area contributed by atoms with Crippen molar-refractivity contribution in [2.24, 2.45) is 11.7 Å². The molecule has 1 aliphatic rings. The van der Waals surface area contributed by atoms with Crippen molar-refractivity contribution in [3.8, 4) is 0 Å². The number of likely N-dealkylation sites (tertiary alicyclic amines) is 1. The maximum absolute atomic E-state index is 10.9. The quantitative estimate of drug-likeness (QED) is 0.653. The van der Waals surface area contributed by atoms with E-state index in [9.17, 15) is 4.79 Å². The van der Waals surface area contributed by atoms with Gasteiger partial charge in [-0.1, -0.05) is 13.8 Å². The zero-order valence-corrected chi connectivity index (χ0v) is 8.42. The number of nitrogens with one attached hydrogen (secondary N) is 1. The Balaban J connectivity index is 2.41. The highest BCUT2D eigenvalue weighted by Gasteiger charge is 2.26. The molecule has 13 heavy (non-hydrogen) atoms. The molecule has 3 N–H and O–H groups in total. The largest absolute Gasteiger partial charge is 0.351 e. The fourth-order valence-corrected chi connectivity index (χ4v) is 1.91. The zero-order chi connectivity index (χ0) is 9.84. The van der Waals surface area contributed by atoms with E-state index in [0.717, 1.165) is 26.1 Å². The minimum atomic E-state index is -0.290. The molecular weight excluding hydrogens is 166 g/mol. The molecule has 4 nitrogen and oxygen atoms in total. The predicted molar refractivity (Wildman–Crippen MR) is 52.4 cm³/mol. The van der Waals surface area contributed by atoms with E-state index in [-0.39, 0.29) is 6.03 Å². The zero-order valence-electron chi connectivity index (χ0n) is 8.42. The number of carbonyl (C=O) groups is 1. The Morgan fingerprint density at radius 2 is 2.38 bits per heavy atom. The van der Waals surface area contributed by atoms with Gasteiger partial charge in [-0.25, -0.2) is 4.79 Å². The van der Waals surface area contributed by atoms with Crippen molar-refractivity contribution in [3.05, 3.63) is 0 Å². The van der Waals surface area contributed by atoms with Gasteiger partial charge >= 0.3 is 6.03 Å². The van der Waals surface area contributed by atoms with Crippen molar-refractivity contribution < 1.29 is 4.79 Å². The first-order valence-corrected chi connectivity index (χ1v) is 4.93. The molecule has 2 amide bonds. The summed E-state index contributed by atoms with van der Waals surface area (Å²) >= 11 is 0. The summed E-state index contributed by atoms with van der Waals surface area (Å²) in [6.07, 6.45) is 1.01. The minimum absolute atomic E-state index is 0.290. The Hall–Kier alpha value is -0.770. The fourth-order valence-electron chi connectivity index (χ4n) is 1.91. The fraction of sp³-hybridized carbons (Fsp3) is 0.889. The molecule has 4 heteroatoms. The Bertz CT molecular complexity index is 184. The van der Waals surface area contributed by atoms with Crippen LogP contribution in [0.4, 0.5) is 4.79 Å². The number of carbonyl (C=O) groups excluding carboxylic acids is 1. The van der Waals surface area contributed by atoms with Gasteiger partial charge in [0.1, 0.15) is 0 Å². The van der Waals surface area contributed by atoms with Gasteiger partial charge in [0.15, 0.2) is 0 Å². The van der Waals surface area contributed by atoms with Crippen LogP contribution in [0.5, 0.6) is 0 Å². The molecule has 0 aromatic rings. The topological polar surface area (TPSA) is 58.4 Å². The molecule has 0 aliphatic carbocycles. The maximum atomic E-state index is 10.9. The molecule has 1 heterocycles. The van der Waals surface area contributed by atoms with Crippen molar-refractivity contribution >= 4 is 6.03 Å². The number of rotatable bonds is 2. The summed E-state index contributed by atoms with van der Waals surface area (Å²) in [7, 11) is 0. The van der Waals surface area contributed by atoms with Crippen LogP contribution in [-0.2, 0) is 0 Å². The molecule has 0 spiro atoms. The SMILES string of the molecule is CCNC1CCN(C(N)=O)CC1C. The van der Waals surface area contributed by atoms with E-state index >= 15 is 0 Å². The van der Waals surface area contributed by atoms with Crippen LogP contribution in [0.1, 0.15) is 20.3 Å². The van der Waals surface area contributed by atoms with E-state index < -0.39 is 0 Å². The smallest absolute Gasteiger partial charge is 0.314 e. The molecule has 1 fully saturated rings. The lowest BCUT2D eigenvalue weighted by Gasteiger charge is -2.36. The highest BCUT2D eigenvalue weighted by Crippen LogP contribution is 2.16. The average Bonchev–Trinajstić information content (AvgIpc) is 2.08. The van der Waals surface area contributed by atoms with Gasteiger partial charge in [-0.3, -0.25) is 0 Å². The minimum Gasteiger partial charge on any atom is -0.351 e. The molecule has 0 aromatic heterocycles. The van der Waals surface area contributed by atoms with Gasteiger partial charge in [-0.05, 0) is 18.9 Å². The van der Waals surface area contributed by atoms with E-state index in [1.807, 2.05) is 0 Å². The van der Waals surface area contributed by atoms with E-state index in [1.54, 1.807) is 4.90 Å². The van der Waals surface area contributed by atoms with E-state index in [4.69, 9.17) is 5.73 Å². The molecule has 0 saturated carbocycles. The van der Waals surface area contributed by atoms with Crippen LogP contribution in [0.2, 0.25) is 0 Å². The predicted octanol–water partition coefficient (Wildman–Crippen LogP) is 0.385. The third-order valence-corrected chi connectivity index (χ3v) is 2.68. The third-order valence-electron chi connectivity index (χ3n) is 2.68. The summed E-state index contributed by atoms with van der Waals surface area (Å²) in [5.41, 5.74) is 5.22. The van der Waals surface area contributed by atoms with Crippen LogP contribution in [0.25, 0.3) is 0 Å². The molecule has 1 saturated heterocycles. The molecule has 2 unspecified atom stereocenters. The van der Waals surface area contributed by atoms with Crippen molar-refractivity contribution in [1.29, 1.82) is 0 Å². The van der Waals surface area contributed by atoms with Gasteiger partial charge in [0.05, 0.1) is 0 Å². The molecule has 1 rings (SSSR count). The molecular formula is C9H19N3O. The van der Waals surface area contributed by atoms with Crippen molar-refractivity contribution in [3.63, 3.8) is 0 Å². The first kappa shape index (κ1) is 10.3. The normalized spacial score (nSPS) is 28.9. The van der Waals surface area contributed by atoms with E-state index in [1.165, 1.54) is 0 Å². The van der Waals surface area contributed by atoms with Gasteiger partial charge in [0, 0.05) is 19.1 Å². The van der Waals surface area contributed by atoms with Gasteiger partial charge < -0.3 is 16.0 Å². The van der Waals surface area contributed by atoms with Gasteiger partial charge in [0.25, 0.3) is 0 Å². The number of hydrogen-bond acceptors (Lipinski definition) is 2. The van der Waals surface area contributed by atoms with Crippen LogP contribution in [-0.4, -0.2) is 36.6 Å². The number of urea groups is 1. The first-order chi connectivity index (χ1) is 6.15. The van der Waals surface area contributed by atoms with Crippen molar-refractivity contribution in [1.82, 2.24) is 10.2 Å². The summed E-state index contributed by atoms with van der Waals surface area (Å²) in [5.74, 6) is 0.501. The monoisotopic (exact) mass is 185 g/mol. The number of primary amides is 1. The highest BCUT2D eigenvalue weighted by molar-refractivity contribution is 5.72. The van der Waals surface area contributed by atoms with E-state index in [0.29, 0.717) is 12.0 Å². The molecule has 0 aromatic carbocycles. The number of nitrogens with zero attached hydrogens (tertiary/aromatic N) is 1. The highest BCUT2D eigenvalue weighted by atomic mass is 16.2. The van der Waals surface area contributed by atoms with Crippen LogP contribution >= 0.6 is 0 Å². The Morgan fingerprint density at radius 3 is 2.85 bits per heavy atom. The second-order valence-electron chi connectivity index (χ2n) is 3.71. The molecule has 2 atom stereocenters. The van der Waals surface area contributed by atoms with E-state index in [2.05, 4.69) is 19.2 Å². The first-order valence-electron chi connectivity index (χ1n) is 4.93. The van der Waals surface area contributed by atoms with Crippen molar-refractivity contribution in [2.45, 2.75) is 26.3 Å². The number of nitrogens with two attached hydrogens (primary N) is 1. The molecule has 76 valence electrons. The second-order valence-corrected chi connectivity index (χ2v) is 3.71. The Morgan fingerprint density at radius 1 is 1.69 bits per heavy atom.